The average Bonchev–Trinajstić information content (AvgIpc) is 3.05. The van der Waals surface area contributed by atoms with Gasteiger partial charge in [-0.25, -0.2) is 0 Å². The van der Waals surface area contributed by atoms with Crippen LogP contribution in [0.25, 0.3) is 0 Å². The van der Waals surface area contributed by atoms with E-state index in [9.17, 15) is 0 Å². The summed E-state index contributed by atoms with van der Waals surface area (Å²) in [6, 6.07) is 21.7. The number of hydrogen-bond acceptors (Lipinski definition) is 3. The summed E-state index contributed by atoms with van der Waals surface area (Å²) in [5.74, 6) is 4.64. The largest absolute Gasteiger partial charge is 0.264 e. The van der Waals surface area contributed by atoms with Crippen molar-refractivity contribution in [2.45, 2.75) is 158 Å². The third kappa shape index (κ3) is 15.7. The molecule has 3 aromatic heterocycles. The highest BCUT2D eigenvalue weighted by atomic mass is 14.7. The van der Waals surface area contributed by atoms with E-state index in [0.29, 0.717) is 47.3 Å². The van der Waals surface area contributed by atoms with Gasteiger partial charge in [0.2, 0.25) is 0 Å². The molecule has 264 valence electrons. The smallest absolute Gasteiger partial charge is 0.0432 e. The Morgan fingerprint density at radius 2 is 0.708 bits per heavy atom. The predicted molar refractivity (Wildman–Crippen MR) is 212 cm³/mol. The quantitative estimate of drug-likeness (QED) is 0.190. The van der Waals surface area contributed by atoms with Gasteiger partial charge in [-0.15, -0.1) is 0 Å². The zero-order valence-electron chi connectivity index (χ0n) is 33.5. The second-order valence-electron chi connectivity index (χ2n) is 15.5. The topological polar surface area (TPSA) is 38.7 Å². The Labute approximate surface area is 296 Å². The second-order valence-corrected chi connectivity index (χ2v) is 15.5. The summed E-state index contributed by atoms with van der Waals surface area (Å²) in [6.45, 7) is 35.2. The molecule has 0 amide bonds. The molecule has 0 atom stereocenters. The van der Waals surface area contributed by atoms with E-state index in [-0.39, 0.29) is 0 Å². The lowest BCUT2D eigenvalue weighted by atomic mass is 9.96. The predicted octanol–water partition coefficient (Wildman–Crippen LogP) is 13.9. The van der Waals surface area contributed by atoms with E-state index >= 15 is 0 Å². The first-order valence-electron chi connectivity index (χ1n) is 18.4. The molecule has 0 spiro atoms. The Balaban J connectivity index is 0.000000320. The van der Waals surface area contributed by atoms with Crippen LogP contribution in [0.3, 0.4) is 0 Å². The van der Waals surface area contributed by atoms with Gasteiger partial charge >= 0.3 is 0 Å². The van der Waals surface area contributed by atoms with Gasteiger partial charge in [-0.2, -0.15) is 0 Å². The molecule has 0 aliphatic rings. The van der Waals surface area contributed by atoms with Gasteiger partial charge < -0.3 is 0 Å². The third-order valence-electron chi connectivity index (χ3n) is 8.40. The van der Waals surface area contributed by atoms with Crippen molar-refractivity contribution in [3.05, 3.63) is 124 Å². The number of hydrogen-bond donors (Lipinski definition) is 0. The van der Waals surface area contributed by atoms with Gasteiger partial charge in [0.25, 0.3) is 0 Å². The Morgan fingerprint density at radius 1 is 0.354 bits per heavy atom. The van der Waals surface area contributed by atoms with Crippen molar-refractivity contribution in [1.29, 1.82) is 0 Å². The fourth-order valence-electron chi connectivity index (χ4n) is 4.64. The Morgan fingerprint density at radius 3 is 1.08 bits per heavy atom. The molecule has 1 aromatic carbocycles. The van der Waals surface area contributed by atoms with E-state index in [2.05, 4.69) is 186 Å². The first-order chi connectivity index (χ1) is 22.4. The fraction of sp³-hybridized carbons (Fsp3) is 0.533. The molecule has 48 heavy (non-hydrogen) atoms. The van der Waals surface area contributed by atoms with E-state index in [1.54, 1.807) is 0 Å². The molecule has 0 N–H and O–H groups in total. The average molecular weight is 652 g/mol. The van der Waals surface area contributed by atoms with Gasteiger partial charge in [0.1, 0.15) is 0 Å². The summed E-state index contributed by atoms with van der Waals surface area (Å²) in [5.41, 5.74) is 10.5. The molecule has 4 rings (SSSR count). The van der Waals surface area contributed by atoms with E-state index < -0.39 is 0 Å². The minimum absolute atomic E-state index is 0.531. The SMILES string of the molecule is CC(C)c1cccc(C(C)C)c1.CC(C)c1cccc(C(C)C)n1.CC(C)c1ccnc(C(C)C)c1.CC(C)c1cncc(C(C)C)c1. The summed E-state index contributed by atoms with van der Waals surface area (Å²) in [7, 11) is 0. The maximum absolute atomic E-state index is 4.57. The Bertz CT molecular complexity index is 1130. The molecule has 0 saturated heterocycles. The van der Waals surface area contributed by atoms with Crippen LogP contribution in [0, 0.1) is 0 Å². The van der Waals surface area contributed by atoms with Crippen molar-refractivity contribution in [2.75, 3.05) is 0 Å². The van der Waals surface area contributed by atoms with E-state index in [4.69, 9.17) is 0 Å². The molecule has 0 saturated carbocycles. The van der Waals surface area contributed by atoms with Crippen LogP contribution in [0.15, 0.2) is 79.3 Å². The van der Waals surface area contributed by atoms with Crippen molar-refractivity contribution in [3.63, 3.8) is 0 Å². The van der Waals surface area contributed by atoms with E-state index in [0.717, 1.165) is 0 Å². The standard InChI is InChI=1S/C12H18.3C11H17N/c1-9(2)11-6-5-7-12(8-11)10(3)4;1-8(2)10-5-11(9(3)4)7-12-6-10;1-8(2)10-5-6-12-11(7-10)9(3)4;1-8(2)10-6-5-7-11(12-10)9(3)4/h5-10H,1-4H3;3*5-9H,1-4H3. The number of aromatic nitrogens is 3. The van der Waals surface area contributed by atoms with Gasteiger partial charge in [0, 0.05) is 35.7 Å². The molecule has 3 heterocycles. The van der Waals surface area contributed by atoms with Gasteiger partial charge in [-0.05, 0) is 99.4 Å². The van der Waals surface area contributed by atoms with Crippen molar-refractivity contribution < 1.29 is 0 Å². The molecule has 0 unspecified atom stereocenters. The maximum atomic E-state index is 4.57. The molecule has 4 aromatic rings. The summed E-state index contributed by atoms with van der Waals surface area (Å²) in [4.78, 5) is 13.1. The Hall–Kier alpha value is -3.33. The first kappa shape index (κ1) is 42.7. The molecule has 0 aliphatic carbocycles. The maximum Gasteiger partial charge on any atom is 0.0432 e. The van der Waals surface area contributed by atoms with E-state index in [1.807, 2.05) is 18.6 Å². The van der Waals surface area contributed by atoms with Gasteiger partial charge in [-0.3, -0.25) is 15.0 Å². The van der Waals surface area contributed by atoms with Crippen LogP contribution in [0.4, 0.5) is 0 Å². The van der Waals surface area contributed by atoms with Crippen molar-refractivity contribution in [3.8, 4) is 0 Å². The minimum Gasteiger partial charge on any atom is -0.264 e. The Kier molecular flexibility index (Phi) is 19.2. The highest BCUT2D eigenvalue weighted by Gasteiger charge is 2.06. The van der Waals surface area contributed by atoms with Crippen LogP contribution < -0.4 is 0 Å². The van der Waals surface area contributed by atoms with Gasteiger partial charge in [0.05, 0.1) is 0 Å². The van der Waals surface area contributed by atoms with Crippen LogP contribution in [-0.4, -0.2) is 15.0 Å². The lowest BCUT2D eigenvalue weighted by Gasteiger charge is -2.09. The monoisotopic (exact) mass is 652 g/mol. The molecular weight excluding hydrogens is 583 g/mol. The summed E-state index contributed by atoms with van der Waals surface area (Å²) in [6.07, 6.45) is 5.82. The molecule has 0 aliphatic heterocycles. The lowest BCUT2D eigenvalue weighted by molar-refractivity contribution is 0.765. The highest BCUT2D eigenvalue weighted by molar-refractivity contribution is 5.27. The van der Waals surface area contributed by atoms with Crippen LogP contribution in [0.5, 0.6) is 0 Å². The van der Waals surface area contributed by atoms with Gasteiger partial charge in [-0.1, -0.05) is 147 Å². The van der Waals surface area contributed by atoms with Crippen molar-refractivity contribution in [2.24, 2.45) is 0 Å². The molecular formula is C45H69N3. The molecule has 3 heteroatoms. The first-order valence-corrected chi connectivity index (χ1v) is 18.4. The fourth-order valence-corrected chi connectivity index (χ4v) is 4.64. The normalized spacial score (nSPS) is 11.2. The highest BCUT2D eigenvalue weighted by Crippen LogP contribution is 2.22. The van der Waals surface area contributed by atoms with Crippen molar-refractivity contribution in [1.82, 2.24) is 15.0 Å². The summed E-state index contributed by atoms with van der Waals surface area (Å²) >= 11 is 0. The third-order valence-corrected chi connectivity index (χ3v) is 8.40. The van der Waals surface area contributed by atoms with Gasteiger partial charge in [0.15, 0.2) is 0 Å². The lowest BCUT2D eigenvalue weighted by Crippen LogP contribution is -1.98. The second kappa shape index (κ2) is 21.6. The van der Waals surface area contributed by atoms with Crippen molar-refractivity contribution >= 4 is 0 Å². The van der Waals surface area contributed by atoms with Crippen LogP contribution in [-0.2, 0) is 0 Å². The number of rotatable bonds is 8. The van der Waals surface area contributed by atoms with E-state index in [1.165, 1.54) is 44.9 Å². The molecule has 0 radical (unpaired) electrons. The summed E-state index contributed by atoms with van der Waals surface area (Å²) < 4.78 is 0. The van der Waals surface area contributed by atoms with Crippen LogP contribution in [0.2, 0.25) is 0 Å². The number of nitrogens with zero attached hydrogens (tertiary/aromatic N) is 3. The number of pyridine rings is 3. The molecule has 0 fully saturated rings. The molecule has 0 bridgehead atoms. The van der Waals surface area contributed by atoms with Crippen LogP contribution >= 0.6 is 0 Å². The summed E-state index contributed by atoms with van der Waals surface area (Å²) in [5, 5.41) is 0. The zero-order valence-corrected chi connectivity index (χ0v) is 33.5. The number of benzene rings is 1. The zero-order chi connectivity index (χ0) is 36.6. The molecule has 3 nitrogen and oxygen atoms in total. The van der Waals surface area contributed by atoms with Crippen LogP contribution in [0.1, 0.15) is 203 Å². The minimum atomic E-state index is 0.531.